The molecule has 0 bridgehead atoms. The second-order valence-electron chi connectivity index (χ2n) is 12.4. The number of carbonyl (C=O) groups is 1. The Kier molecular flexibility index (Phi) is 8.76. The molecule has 210 valence electrons. The Morgan fingerprint density at radius 1 is 1.18 bits per heavy atom. The Hall–Kier alpha value is -2.35. The zero-order chi connectivity index (χ0) is 28.5. The van der Waals surface area contributed by atoms with Crippen LogP contribution in [0.4, 0.5) is 0 Å². The van der Waals surface area contributed by atoms with Gasteiger partial charge in [0.15, 0.2) is 19.8 Å². The van der Waals surface area contributed by atoms with Crippen molar-refractivity contribution in [2.45, 2.75) is 89.3 Å². The lowest BCUT2D eigenvalue weighted by molar-refractivity contribution is -0.166. The second kappa shape index (κ2) is 11.0. The van der Waals surface area contributed by atoms with Crippen molar-refractivity contribution in [2.75, 3.05) is 14.2 Å². The number of carbonyl (C=O) groups excluding carboxylic acids is 1. The van der Waals surface area contributed by atoms with Crippen molar-refractivity contribution >= 4 is 14.3 Å². The zero-order valence-electron chi connectivity index (χ0n) is 24.4. The van der Waals surface area contributed by atoms with Gasteiger partial charge in [-0.1, -0.05) is 52.5 Å². The van der Waals surface area contributed by atoms with Crippen LogP contribution in [0.1, 0.15) is 63.7 Å². The lowest BCUT2D eigenvalue weighted by atomic mass is 9.51. The molecule has 0 radical (unpaired) electrons. The summed E-state index contributed by atoms with van der Waals surface area (Å²) in [6, 6.07) is 5.03. The van der Waals surface area contributed by atoms with Gasteiger partial charge >= 0.3 is 5.97 Å². The first-order valence-electron chi connectivity index (χ1n) is 13.5. The molecule has 1 aromatic rings. The minimum Gasteiger partial charge on any atom is -0.493 e. The molecule has 5 atom stereocenters. The van der Waals surface area contributed by atoms with Gasteiger partial charge in [0.05, 0.1) is 31.5 Å². The molecular weight excluding hydrogens is 496 g/mol. The van der Waals surface area contributed by atoms with E-state index in [1.54, 1.807) is 37.5 Å². The van der Waals surface area contributed by atoms with Crippen LogP contribution in [0, 0.1) is 11.3 Å². The van der Waals surface area contributed by atoms with E-state index >= 15 is 0 Å². The molecule has 0 spiro atoms. The maximum Gasteiger partial charge on any atom is 0.338 e. The topological polar surface area (TPSA) is 74.2 Å². The summed E-state index contributed by atoms with van der Waals surface area (Å²) in [5.41, 5.74) is -0.392. The lowest BCUT2D eigenvalue weighted by Gasteiger charge is -2.59. The Morgan fingerprint density at radius 3 is 2.39 bits per heavy atom. The smallest absolute Gasteiger partial charge is 0.338 e. The first-order chi connectivity index (χ1) is 17.7. The summed E-state index contributed by atoms with van der Waals surface area (Å²) in [7, 11) is 0.834. The molecule has 2 aliphatic rings. The summed E-state index contributed by atoms with van der Waals surface area (Å²) in [5, 5.41) is 12.1. The molecule has 0 aromatic heterocycles. The highest BCUT2D eigenvalue weighted by Gasteiger charge is 2.61. The highest BCUT2D eigenvalue weighted by molar-refractivity contribution is 6.74. The Morgan fingerprint density at radius 2 is 1.84 bits per heavy atom. The number of benzene rings is 1. The van der Waals surface area contributed by atoms with Crippen LogP contribution in [-0.2, 0) is 9.16 Å². The summed E-state index contributed by atoms with van der Waals surface area (Å²) in [5.74, 6) is 0.534. The van der Waals surface area contributed by atoms with Crippen LogP contribution in [-0.4, -0.2) is 51.4 Å². The molecule has 2 aliphatic carbocycles. The van der Waals surface area contributed by atoms with E-state index in [9.17, 15) is 9.90 Å². The number of esters is 1. The normalized spacial score (nSPS) is 29.5. The Bertz CT molecular complexity index is 1090. The van der Waals surface area contributed by atoms with Gasteiger partial charge in [0.2, 0.25) is 0 Å². The van der Waals surface area contributed by atoms with Gasteiger partial charge in [0.25, 0.3) is 0 Å². The molecule has 0 saturated heterocycles. The number of hydrogen-bond acceptors (Lipinski definition) is 6. The molecule has 1 aromatic carbocycles. The van der Waals surface area contributed by atoms with E-state index in [0.717, 1.165) is 5.57 Å². The second-order valence-corrected chi connectivity index (χ2v) is 17.1. The average molecular weight is 543 g/mol. The quantitative estimate of drug-likeness (QED) is 0.209. The molecule has 1 saturated carbocycles. The van der Waals surface area contributed by atoms with Gasteiger partial charge in [-0.3, -0.25) is 0 Å². The molecule has 6 nitrogen and oxygen atoms in total. The van der Waals surface area contributed by atoms with Crippen molar-refractivity contribution in [2.24, 2.45) is 11.3 Å². The van der Waals surface area contributed by atoms with Crippen LogP contribution >= 0.6 is 0 Å². The van der Waals surface area contributed by atoms with Crippen molar-refractivity contribution in [3.05, 3.63) is 60.7 Å². The van der Waals surface area contributed by atoms with Crippen molar-refractivity contribution in [3.8, 4) is 11.5 Å². The van der Waals surface area contributed by atoms with Gasteiger partial charge in [0.1, 0.15) is 6.10 Å². The molecule has 1 N–H and O–H groups in total. The van der Waals surface area contributed by atoms with Crippen LogP contribution in [0.5, 0.6) is 11.5 Å². The molecule has 38 heavy (non-hydrogen) atoms. The van der Waals surface area contributed by atoms with E-state index in [1.807, 2.05) is 0 Å². The fraction of sp³-hybridized carbons (Fsp3) is 0.581. The van der Waals surface area contributed by atoms with Crippen molar-refractivity contribution in [1.29, 1.82) is 0 Å². The average Bonchev–Trinajstić information content (AvgIpc) is 2.85. The largest absolute Gasteiger partial charge is 0.493 e. The van der Waals surface area contributed by atoms with Crippen molar-refractivity contribution < 1.29 is 28.5 Å². The maximum atomic E-state index is 13.4. The van der Waals surface area contributed by atoms with Crippen LogP contribution in [0.2, 0.25) is 18.1 Å². The molecule has 0 aliphatic heterocycles. The number of fused-ring (bicyclic) bond motifs is 1. The van der Waals surface area contributed by atoms with E-state index in [1.165, 1.54) is 7.11 Å². The van der Waals surface area contributed by atoms with Crippen LogP contribution in [0.3, 0.4) is 0 Å². The molecule has 1 fully saturated rings. The third-order valence-electron chi connectivity index (χ3n) is 9.32. The first kappa shape index (κ1) is 30.2. The molecule has 7 heteroatoms. The van der Waals surface area contributed by atoms with Gasteiger partial charge < -0.3 is 23.7 Å². The predicted molar refractivity (Wildman–Crippen MR) is 154 cm³/mol. The fourth-order valence-corrected chi connectivity index (χ4v) is 7.21. The standard InChI is InChI=1S/C31H46O6Si/c1-11-18-31(33)22(12-2)14-15-23-27(37-38(9,10)29(3,4)5)25(17-19-30(23,31)6)36-28(32)21-13-16-24(34-7)26(20-21)35-8/h11-14,16,20,23,25,27,33H,1-2,15,17-19H2,3-10H3/t23-,25+,27-,30+,31-/m1/s1. The molecule has 3 rings (SSSR count). The highest BCUT2D eigenvalue weighted by atomic mass is 28.4. The van der Waals surface area contributed by atoms with Gasteiger partial charge in [-0.25, -0.2) is 4.79 Å². The van der Waals surface area contributed by atoms with Crippen molar-refractivity contribution in [3.63, 3.8) is 0 Å². The van der Waals surface area contributed by atoms with Crippen LogP contribution in [0.25, 0.3) is 0 Å². The molecule has 0 heterocycles. The minimum absolute atomic E-state index is 0.0348. The summed E-state index contributed by atoms with van der Waals surface area (Å²) in [4.78, 5) is 13.4. The Balaban J connectivity index is 2.03. The third-order valence-corrected chi connectivity index (χ3v) is 13.8. The van der Waals surface area contributed by atoms with Gasteiger partial charge in [-0.05, 0) is 73.5 Å². The summed E-state index contributed by atoms with van der Waals surface area (Å²) < 4.78 is 24.0. The fourth-order valence-electron chi connectivity index (χ4n) is 5.86. The number of rotatable bonds is 9. The van der Waals surface area contributed by atoms with E-state index in [4.69, 9.17) is 18.6 Å². The highest BCUT2D eigenvalue weighted by Crippen LogP contribution is 2.59. The van der Waals surface area contributed by atoms with Gasteiger partial charge in [0, 0.05) is 5.41 Å². The SMILES string of the molecule is C=CC[C@@]1(O)C(C=C)=CC[C@@H]2[C@@H](O[Si](C)(C)C(C)(C)C)[C@@H](OC(=O)c3ccc(OC)c(OC)c3)CC[C@@]21C. The van der Waals surface area contributed by atoms with Gasteiger partial charge in [-0.2, -0.15) is 0 Å². The molecule has 0 amide bonds. The summed E-state index contributed by atoms with van der Waals surface area (Å²) >= 11 is 0. The third kappa shape index (κ3) is 5.25. The number of ether oxygens (including phenoxy) is 3. The summed E-state index contributed by atoms with van der Waals surface area (Å²) in [6.07, 6.45) is 7.18. The molecular formula is C31H46O6Si. The van der Waals surface area contributed by atoms with Crippen LogP contribution < -0.4 is 9.47 Å². The van der Waals surface area contributed by atoms with E-state index < -0.39 is 31.4 Å². The minimum atomic E-state index is -2.26. The predicted octanol–water partition coefficient (Wildman–Crippen LogP) is 6.86. The monoisotopic (exact) mass is 542 g/mol. The number of hydrogen-bond donors (Lipinski definition) is 1. The number of methoxy groups -OCH3 is 2. The Labute approximate surface area is 229 Å². The van der Waals surface area contributed by atoms with Gasteiger partial charge in [-0.15, -0.1) is 6.58 Å². The lowest BCUT2D eigenvalue weighted by Crippen LogP contribution is -2.63. The molecule has 0 unspecified atom stereocenters. The van der Waals surface area contributed by atoms with E-state index in [2.05, 4.69) is 60.0 Å². The zero-order valence-corrected chi connectivity index (χ0v) is 25.4. The number of aliphatic hydroxyl groups is 1. The van der Waals surface area contributed by atoms with E-state index in [0.29, 0.717) is 42.7 Å². The summed E-state index contributed by atoms with van der Waals surface area (Å²) in [6.45, 7) is 21.1. The van der Waals surface area contributed by atoms with E-state index in [-0.39, 0.29) is 17.1 Å². The first-order valence-corrected chi connectivity index (χ1v) is 16.4. The van der Waals surface area contributed by atoms with Crippen molar-refractivity contribution in [1.82, 2.24) is 0 Å². The number of allylic oxidation sites excluding steroid dienone is 1. The maximum absolute atomic E-state index is 13.4. The van der Waals surface area contributed by atoms with Crippen LogP contribution in [0.15, 0.2) is 55.2 Å².